The van der Waals surface area contributed by atoms with Gasteiger partial charge in [-0.25, -0.2) is 0 Å². The van der Waals surface area contributed by atoms with Crippen molar-refractivity contribution < 1.29 is 4.74 Å². The first kappa shape index (κ1) is 25.8. The minimum Gasteiger partial charge on any atom is -0.377 e. The topological polar surface area (TPSA) is 9.23 Å². The maximum atomic E-state index is 5.78. The minimum absolute atomic E-state index is 0.738. The van der Waals surface area contributed by atoms with E-state index in [-0.39, 0.29) is 0 Å². The van der Waals surface area contributed by atoms with E-state index in [1.54, 1.807) is 0 Å². The van der Waals surface area contributed by atoms with Gasteiger partial charge in [0.15, 0.2) is 0 Å². The normalized spacial score (nSPS) is 18.3. The fourth-order valence-electron chi connectivity index (χ4n) is 5.14. The van der Waals surface area contributed by atoms with Gasteiger partial charge >= 0.3 is 0 Å². The van der Waals surface area contributed by atoms with Gasteiger partial charge in [-0.05, 0) is 79.0 Å². The van der Waals surface area contributed by atoms with Crippen molar-refractivity contribution >= 4 is 0 Å². The predicted octanol–water partition coefficient (Wildman–Crippen LogP) is 8.88. The molecule has 2 aromatic rings. The molecule has 33 heavy (non-hydrogen) atoms. The van der Waals surface area contributed by atoms with Crippen LogP contribution in [0.1, 0.15) is 93.4 Å². The molecule has 1 saturated carbocycles. The second kappa shape index (κ2) is 15.1. The highest BCUT2D eigenvalue weighted by Gasteiger charge is 2.20. The number of unbranched alkanes of at least 4 members (excludes halogenated alkanes) is 2. The molecule has 0 spiro atoms. The van der Waals surface area contributed by atoms with Crippen molar-refractivity contribution in [1.29, 1.82) is 0 Å². The second-order valence-electron chi connectivity index (χ2n) is 10.2. The van der Waals surface area contributed by atoms with Gasteiger partial charge in [-0.3, -0.25) is 0 Å². The van der Waals surface area contributed by atoms with E-state index in [1.165, 1.54) is 92.9 Å². The summed E-state index contributed by atoms with van der Waals surface area (Å²) in [6.45, 7) is 7.71. The van der Waals surface area contributed by atoms with Crippen LogP contribution in [0.2, 0.25) is 0 Å². The average Bonchev–Trinajstić information content (AvgIpc) is 2.87. The second-order valence-corrected chi connectivity index (χ2v) is 10.2. The molecule has 1 heteroatoms. The zero-order valence-corrected chi connectivity index (χ0v) is 21.1. The van der Waals surface area contributed by atoms with Crippen molar-refractivity contribution in [2.45, 2.75) is 97.0 Å². The monoisotopic (exact) mass is 446 g/mol. The number of rotatable bonds is 15. The van der Waals surface area contributed by atoms with Crippen LogP contribution in [0.25, 0.3) is 0 Å². The molecule has 0 atom stereocenters. The summed E-state index contributed by atoms with van der Waals surface area (Å²) in [5, 5.41) is 0. The molecule has 0 amide bonds. The van der Waals surface area contributed by atoms with Gasteiger partial charge in [0.2, 0.25) is 0 Å². The smallest absolute Gasteiger partial charge is 0.0716 e. The van der Waals surface area contributed by atoms with Gasteiger partial charge in [0, 0.05) is 6.61 Å². The molecule has 2 aromatic carbocycles. The number of ether oxygens (including phenoxy) is 1. The summed E-state index contributed by atoms with van der Waals surface area (Å²) in [6, 6.07) is 18.4. The summed E-state index contributed by atoms with van der Waals surface area (Å²) >= 11 is 0. The molecule has 3 rings (SSSR count). The molecular formula is C32H46O. The number of benzene rings is 2. The molecule has 1 aliphatic rings. The molecule has 0 bridgehead atoms. The zero-order chi connectivity index (χ0) is 23.1. The number of allylic oxidation sites excluding steroid dienone is 1. The van der Waals surface area contributed by atoms with Gasteiger partial charge in [0.25, 0.3) is 0 Å². The van der Waals surface area contributed by atoms with Crippen LogP contribution >= 0.6 is 0 Å². The quantitative estimate of drug-likeness (QED) is 0.196. The number of hydrogen-bond acceptors (Lipinski definition) is 1. The van der Waals surface area contributed by atoms with Crippen LogP contribution in [0.4, 0.5) is 0 Å². The molecule has 0 aromatic heterocycles. The Labute approximate surface area is 203 Å². The molecule has 0 unspecified atom stereocenters. The highest BCUT2D eigenvalue weighted by atomic mass is 16.5. The molecule has 0 saturated heterocycles. The van der Waals surface area contributed by atoms with Crippen LogP contribution in [0.5, 0.6) is 0 Å². The lowest BCUT2D eigenvalue weighted by molar-refractivity contribution is 0.117. The van der Waals surface area contributed by atoms with Crippen molar-refractivity contribution in [2.75, 3.05) is 6.61 Å². The summed E-state index contributed by atoms with van der Waals surface area (Å²) in [5.74, 6) is 1.90. The highest BCUT2D eigenvalue weighted by Crippen LogP contribution is 2.34. The Kier molecular flexibility index (Phi) is 11.8. The molecule has 0 aliphatic heterocycles. The van der Waals surface area contributed by atoms with Gasteiger partial charge < -0.3 is 4.74 Å². The number of aryl methyl sites for hydroxylation is 3. The first-order valence-corrected chi connectivity index (χ1v) is 13.6. The Morgan fingerprint density at radius 3 is 1.79 bits per heavy atom. The van der Waals surface area contributed by atoms with Crippen LogP contribution in [0, 0.1) is 11.8 Å². The van der Waals surface area contributed by atoms with Crippen LogP contribution in [0.3, 0.4) is 0 Å². The third kappa shape index (κ3) is 9.88. The average molecular weight is 447 g/mol. The molecule has 180 valence electrons. The van der Waals surface area contributed by atoms with Crippen LogP contribution in [-0.4, -0.2) is 6.61 Å². The largest absolute Gasteiger partial charge is 0.377 e. The van der Waals surface area contributed by atoms with Crippen molar-refractivity contribution in [3.05, 3.63) is 83.4 Å². The molecule has 1 nitrogen and oxygen atoms in total. The summed E-state index contributed by atoms with van der Waals surface area (Å²) in [5.41, 5.74) is 5.66. The zero-order valence-electron chi connectivity index (χ0n) is 21.1. The standard InChI is InChI=1S/C32H46O/c1-3-5-7-25-33-26-32-23-21-31(22-24-32)20-19-30-17-15-29(16-18-30)14-13-28-11-9-27(10-12-28)8-6-4-2/h4,15-18,21-24,27-28H,2-3,5-14,19-20,25-26H2,1H3. The molecule has 0 radical (unpaired) electrons. The molecule has 0 heterocycles. The SMILES string of the molecule is C=CCCC1CCC(CCc2ccc(CCc3ccc(COCCCCC)cc3)cc2)CC1. The molecule has 1 aliphatic carbocycles. The predicted molar refractivity (Wildman–Crippen MR) is 143 cm³/mol. The molecular weight excluding hydrogens is 400 g/mol. The first-order chi connectivity index (χ1) is 16.3. The van der Waals surface area contributed by atoms with Crippen LogP contribution < -0.4 is 0 Å². The molecule has 1 fully saturated rings. The lowest BCUT2D eigenvalue weighted by Gasteiger charge is -2.28. The van der Waals surface area contributed by atoms with Gasteiger partial charge in [-0.2, -0.15) is 0 Å². The van der Waals surface area contributed by atoms with E-state index in [1.807, 2.05) is 0 Å². The van der Waals surface area contributed by atoms with Crippen molar-refractivity contribution in [2.24, 2.45) is 11.8 Å². The van der Waals surface area contributed by atoms with Crippen LogP contribution in [0.15, 0.2) is 61.2 Å². The Hall–Kier alpha value is -1.86. The van der Waals surface area contributed by atoms with Crippen molar-refractivity contribution in [3.63, 3.8) is 0 Å². The Morgan fingerprint density at radius 1 is 0.727 bits per heavy atom. The Balaban J connectivity index is 1.32. The Bertz CT molecular complexity index is 765. The first-order valence-electron chi connectivity index (χ1n) is 13.6. The summed E-state index contributed by atoms with van der Waals surface area (Å²) in [7, 11) is 0. The summed E-state index contributed by atoms with van der Waals surface area (Å²) in [6.07, 6.45) is 18.9. The lowest BCUT2D eigenvalue weighted by Crippen LogP contribution is -2.15. The highest BCUT2D eigenvalue weighted by molar-refractivity contribution is 5.26. The fraction of sp³-hybridized carbons (Fsp3) is 0.562. The van der Waals surface area contributed by atoms with E-state index in [4.69, 9.17) is 4.74 Å². The Morgan fingerprint density at radius 2 is 1.24 bits per heavy atom. The number of hydrogen-bond donors (Lipinski definition) is 0. The van der Waals surface area contributed by atoms with E-state index in [9.17, 15) is 0 Å². The summed E-state index contributed by atoms with van der Waals surface area (Å²) < 4.78 is 5.78. The lowest BCUT2D eigenvalue weighted by atomic mass is 9.78. The van der Waals surface area contributed by atoms with Gasteiger partial charge in [-0.15, -0.1) is 6.58 Å². The van der Waals surface area contributed by atoms with Crippen molar-refractivity contribution in [3.8, 4) is 0 Å². The van der Waals surface area contributed by atoms with Gasteiger partial charge in [-0.1, -0.05) is 100 Å². The molecule has 0 N–H and O–H groups in total. The van der Waals surface area contributed by atoms with Crippen LogP contribution in [-0.2, 0) is 30.6 Å². The third-order valence-electron chi connectivity index (χ3n) is 7.50. The fourth-order valence-corrected chi connectivity index (χ4v) is 5.14. The van der Waals surface area contributed by atoms with Gasteiger partial charge in [0.05, 0.1) is 6.61 Å². The van der Waals surface area contributed by atoms with E-state index >= 15 is 0 Å². The van der Waals surface area contributed by atoms with E-state index in [0.29, 0.717) is 0 Å². The maximum Gasteiger partial charge on any atom is 0.0716 e. The minimum atomic E-state index is 0.738. The summed E-state index contributed by atoms with van der Waals surface area (Å²) in [4.78, 5) is 0. The van der Waals surface area contributed by atoms with Crippen molar-refractivity contribution in [1.82, 2.24) is 0 Å². The third-order valence-corrected chi connectivity index (χ3v) is 7.50. The van der Waals surface area contributed by atoms with E-state index < -0.39 is 0 Å². The van der Waals surface area contributed by atoms with E-state index in [0.717, 1.165) is 37.9 Å². The van der Waals surface area contributed by atoms with E-state index in [2.05, 4.69) is 68.1 Å². The maximum absolute atomic E-state index is 5.78. The van der Waals surface area contributed by atoms with Gasteiger partial charge in [0.1, 0.15) is 0 Å².